The van der Waals surface area contributed by atoms with Crippen LogP contribution in [0.1, 0.15) is 48.6 Å². The molecule has 0 spiro atoms. The van der Waals surface area contributed by atoms with E-state index in [1.165, 1.54) is 11.1 Å². The molecule has 0 amide bonds. The van der Waals surface area contributed by atoms with Crippen LogP contribution in [0, 0.1) is 0 Å². The second kappa shape index (κ2) is 15.5. The number of pyridine rings is 2. The lowest BCUT2D eigenvalue weighted by molar-refractivity contribution is 0.164. The van der Waals surface area contributed by atoms with E-state index in [0.717, 1.165) is 91.3 Å². The number of nitrogens with zero attached hydrogens (tertiary/aromatic N) is 9. The third-order valence-electron chi connectivity index (χ3n) is 11.6. The fourth-order valence-electron chi connectivity index (χ4n) is 8.43. The maximum atomic E-state index is 12.9. The number of rotatable bonds is 6. The molecule has 13 nitrogen and oxygen atoms in total. The predicted molar refractivity (Wildman–Crippen MR) is 223 cm³/mol. The van der Waals surface area contributed by atoms with Crippen molar-refractivity contribution in [3.63, 3.8) is 0 Å². The van der Waals surface area contributed by atoms with Gasteiger partial charge in [0.15, 0.2) is 0 Å². The number of fused-ring (bicyclic) bond motifs is 4. The largest absolute Gasteiger partial charge is 0.395 e. The number of benzene rings is 2. The summed E-state index contributed by atoms with van der Waals surface area (Å²) >= 11 is 0. The van der Waals surface area contributed by atoms with Gasteiger partial charge in [-0.3, -0.25) is 27.8 Å². The minimum atomic E-state index is -0.0687. The van der Waals surface area contributed by atoms with Gasteiger partial charge in [0, 0.05) is 73.3 Å². The molecule has 2 aliphatic rings. The lowest BCUT2D eigenvalue weighted by Gasteiger charge is -2.31. The normalized spacial score (nSPS) is 15.8. The highest BCUT2D eigenvalue weighted by atomic mass is 16.3. The van der Waals surface area contributed by atoms with Crippen molar-refractivity contribution in [1.82, 2.24) is 48.5 Å². The van der Waals surface area contributed by atoms with Crippen LogP contribution in [0.4, 0.5) is 0 Å². The smallest absolute Gasteiger partial charge is 0.258 e. The number of likely N-dealkylation sites (tertiary alicyclic amines) is 1. The highest BCUT2D eigenvalue weighted by Gasteiger charge is 2.21. The Morgan fingerprint density at radius 2 is 1.30 bits per heavy atom. The summed E-state index contributed by atoms with van der Waals surface area (Å²) in [6, 6.07) is 23.3. The zero-order valence-corrected chi connectivity index (χ0v) is 32.3. The van der Waals surface area contributed by atoms with E-state index < -0.39 is 0 Å². The van der Waals surface area contributed by atoms with E-state index in [0.29, 0.717) is 34.5 Å². The molecular weight excluding hydrogens is 717 g/mol. The van der Waals surface area contributed by atoms with Gasteiger partial charge in [-0.05, 0) is 111 Å². The Hall–Kier alpha value is -6.02. The van der Waals surface area contributed by atoms with Crippen molar-refractivity contribution in [2.75, 3.05) is 39.3 Å². The Morgan fingerprint density at radius 1 is 0.702 bits per heavy atom. The molecule has 57 heavy (non-hydrogen) atoms. The summed E-state index contributed by atoms with van der Waals surface area (Å²) in [5.74, 6) is 0.944. The molecule has 8 heterocycles. The second-order valence-electron chi connectivity index (χ2n) is 15.3. The van der Waals surface area contributed by atoms with Gasteiger partial charge in [0.05, 0.1) is 35.2 Å². The number of piperidine rings is 2. The molecule has 2 fully saturated rings. The van der Waals surface area contributed by atoms with Crippen LogP contribution in [-0.4, -0.2) is 87.7 Å². The fraction of sp³-hybridized carbons (Fsp3) is 0.318. The van der Waals surface area contributed by atoms with Gasteiger partial charge in [-0.2, -0.15) is 10.2 Å². The van der Waals surface area contributed by atoms with Crippen molar-refractivity contribution in [2.24, 2.45) is 14.1 Å². The van der Waals surface area contributed by atoms with Gasteiger partial charge in [0.2, 0.25) is 0 Å². The maximum absolute atomic E-state index is 12.9. The summed E-state index contributed by atoms with van der Waals surface area (Å²) in [7, 11) is 3.82. The van der Waals surface area contributed by atoms with E-state index in [1.54, 1.807) is 25.6 Å². The summed E-state index contributed by atoms with van der Waals surface area (Å²) in [6.07, 6.45) is 12.0. The Balaban J connectivity index is 0.000000149. The fourth-order valence-corrected chi connectivity index (χ4v) is 8.43. The first-order chi connectivity index (χ1) is 27.8. The molecule has 6 aromatic heterocycles. The topological polar surface area (TPSA) is 140 Å². The van der Waals surface area contributed by atoms with Crippen LogP contribution >= 0.6 is 0 Å². The molecule has 0 atom stereocenters. The third kappa shape index (κ3) is 7.49. The summed E-state index contributed by atoms with van der Waals surface area (Å²) in [5, 5.41) is 23.2. The third-order valence-corrected chi connectivity index (χ3v) is 11.6. The van der Waals surface area contributed by atoms with Gasteiger partial charge < -0.3 is 15.3 Å². The lowest BCUT2D eigenvalue weighted by Crippen LogP contribution is -2.35. The van der Waals surface area contributed by atoms with Crippen molar-refractivity contribution in [2.45, 2.75) is 37.5 Å². The van der Waals surface area contributed by atoms with Crippen molar-refractivity contribution >= 4 is 33.1 Å². The molecule has 290 valence electrons. The summed E-state index contributed by atoms with van der Waals surface area (Å²) < 4.78 is 6.95. The molecule has 0 saturated carbocycles. The summed E-state index contributed by atoms with van der Waals surface area (Å²) in [6.45, 7) is 4.97. The molecule has 2 aromatic carbocycles. The van der Waals surface area contributed by atoms with Gasteiger partial charge >= 0.3 is 0 Å². The van der Waals surface area contributed by atoms with Gasteiger partial charge in [0.1, 0.15) is 11.3 Å². The van der Waals surface area contributed by atoms with Crippen molar-refractivity contribution in [3.05, 3.63) is 129 Å². The van der Waals surface area contributed by atoms with E-state index in [2.05, 4.69) is 32.5 Å². The number of hydrogen-bond acceptors (Lipinski definition) is 9. The average molecular weight is 763 g/mol. The number of β-amino-alcohol motifs (C(OH)–C–C–N with tert-alkyl or cyclic N) is 1. The molecule has 13 heteroatoms. The number of aryl methyl sites for hydroxylation is 2. The zero-order chi connectivity index (χ0) is 39.0. The second-order valence-corrected chi connectivity index (χ2v) is 15.3. The molecule has 0 radical (unpaired) electrons. The lowest BCUT2D eigenvalue weighted by atomic mass is 9.90. The van der Waals surface area contributed by atoms with Gasteiger partial charge in [0.25, 0.3) is 11.1 Å². The first-order valence-corrected chi connectivity index (χ1v) is 19.8. The molecular formula is C44H46N10O3. The van der Waals surface area contributed by atoms with E-state index in [9.17, 15) is 9.59 Å². The molecule has 10 rings (SSSR count). The maximum Gasteiger partial charge on any atom is 0.258 e. The van der Waals surface area contributed by atoms with Crippen molar-refractivity contribution in [1.29, 1.82) is 0 Å². The molecule has 2 aliphatic heterocycles. The Labute approximate surface area is 328 Å². The van der Waals surface area contributed by atoms with Gasteiger partial charge in [-0.15, -0.1) is 0 Å². The highest BCUT2D eigenvalue weighted by Crippen LogP contribution is 2.29. The number of aliphatic hydroxyl groups is 1. The highest BCUT2D eigenvalue weighted by molar-refractivity contribution is 5.84. The van der Waals surface area contributed by atoms with Crippen LogP contribution in [-0.2, 0) is 14.1 Å². The van der Waals surface area contributed by atoms with Gasteiger partial charge in [-0.1, -0.05) is 24.3 Å². The van der Waals surface area contributed by atoms with E-state index in [4.69, 9.17) is 15.1 Å². The Bertz CT molecular complexity index is 2860. The van der Waals surface area contributed by atoms with Crippen LogP contribution in [0.2, 0.25) is 0 Å². The number of nitrogens with one attached hydrogen (secondary N) is 1. The molecule has 2 saturated heterocycles. The van der Waals surface area contributed by atoms with Crippen LogP contribution in [0.5, 0.6) is 0 Å². The minimum Gasteiger partial charge on any atom is -0.395 e. The molecule has 0 aliphatic carbocycles. The van der Waals surface area contributed by atoms with Crippen LogP contribution in [0.25, 0.3) is 55.6 Å². The first-order valence-electron chi connectivity index (χ1n) is 19.8. The number of hydrogen-bond donors (Lipinski definition) is 2. The average Bonchev–Trinajstić information content (AvgIpc) is 3.81. The minimum absolute atomic E-state index is 0.0444. The summed E-state index contributed by atoms with van der Waals surface area (Å²) in [5.41, 5.74) is 8.82. The van der Waals surface area contributed by atoms with Crippen LogP contribution in [0.15, 0.2) is 107 Å². The van der Waals surface area contributed by atoms with E-state index in [1.807, 2.05) is 92.1 Å². The standard InChI is InChI=1S/C23H25N5O2.C21H21N5O/c1-26-21-4-2-17(12-19(21)14-24-26)20-13-23(30)28-15-18(3-5-22(28)25-20)16-6-8-27(9-7-16)10-11-29;1-25-12-17-10-15(2-4-18(17)24-25)19-11-21(27)26-13-16(3-5-20(26)23-19)14-6-8-22-9-7-14/h2-5,12-16,29H,6-11H2,1H3;2-5,10-14,22H,6-9H2,1H3. The number of aromatic nitrogens is 8. The Kier molecular flexibility index (Phi) is 9.95. The predicted octanol–water partition coefficient (Wildman–Crippen LogP) is 5.14. The Morgan fingerprint density at radius 3 is 1.93 bits per heavy atom. The van der Waals surface area contributed by atoms with Gasteiger partial charge in [-0.25, -0.2) is 9.97 Å². The zero-order valence-electron chi connectivity index (χ0n) is 32.3. The van der Waals surface area contributed by atoms with E-state index in [-0.39, 0.29) is 17.7 Å². The van der Waals surface area contributed by atoms with E-state index >= 15 is 0 Å². The van der Waals surface area contributed by atoms with Crippen LogP contribution in [0.3, 0.4) is 0 Å². The summed E-state index contributed by atoms with van der Waals surface area (Å²) in [4.78, 5) is 37.4. The van der Waals surface area contributed by atoms with Crippen LogP contribution < -0.4 is 16.4 Å². The molecule has 8 aromatic rings. The van der Waals surface area contributed by atoms with Crippen molar-refractivity contribution < 1.29 is 5.11 Å². The monoisotopic (exact) mass is 762 g/mol. The molecule has 0 bridgehead atoms. The molecule has 2 N–H and O–H groups in total. The van der Waals surface area contributed by atoms with Crippen molar-refractivity contribution in [3.8, 4) is 22.5 Å². The first kappa shape index (κ1) is 36.6. The SMILES string of the molecule is Cn1cc2cc(-c3cc(=O)n4cc(C5CCNCC5)ccc4n3)ccc2n1.Cn1ncc2cc(-c3cc(=O)n4cc(C5CCN(CCO)CC5)ccc4n3)ccc21. The quantitative estimate of drug-likeness (QED) is 0.236. The molecule has 0 unspecified atom stereocenters. The number of aliphatic hydroxyl groups excluding tert-OH is 1.